The van der Waals surface area contributed by atoms with Crippen LogP contribution in [0.4, 0.5) is 11.4 Å². The number of nitro benzene ring substituents is 1. The van der Waals surface area contributed by atoms with Gasteiger partial charge in [0.05, 0.1) is 27.8 Å². The van der Waals surface area contributed by atoms with E-state index in [0.29, 0.717) is 28.9 Å². The number of aliphatic carboxylic acids is 2. The smallest absolute Gasteiger partial charge is 0.333 e. The second kappa shape index (κ2) is 13.4. The fourth-order valence-electron chi connectivity index (χ4n) is 7.38. The van der Waals surface area contributed by atoms with Crippen molar-refractivity contribution in [3.05, 3.63) is 152 Å². The molecular weight excluding hydrogens is 608 g/mol. The maximum absolute atomic E-state index is 13.4. The zero-order valence-electron chi connectivity index (χ0n) is 26.9. The molecule has 4 aromatic carbocycles. The normalized spacial score (nSPS) is 19.9. The summed E-state index contributed by atoms with van der Waals surface area (Å²) in [5.41, 5.74) is 3.28. The number of hydrogen-bond donors (Lipinski definition) is 3. The molecule has 246 valence electrons. The van der Waals surface area contributed by atoms with Gasteiger partial charge in [-0.15, -0.1) is 0 Å². The van der Waals surface area contributed by atoms with Crippen LogP contribution in [0.5, 0.6) is 0 Å². The van der Waals surface area contributed by atoms with E-state index in [-0.39, 0.29) is 36.3 Å². The first-order valence-corrected chi connectivity index (χ1v) is 16.0. The van der Waals surface area contributed by atoms with Crippen LogP contribution in [0, 0.1) is 24.0 Å². The van der Waals surface area contributed by atoms with Gasteiger partial charge in [0, 0.05) is 50.9 Å². The molecule has 0 spiro atoms. The lowest BCUT2D eigenvalue weighted by Crippen LogP contribution is -2.50. The van der Waals surface area contributed by atoms with Gasteiger partial charge in [0.1, 0.15) is 5.41 Å². The number of anilines is 1. The SMILES string of the molecule is Cc1ccc([N+](=O)[O-])c(C)c1N1C=C(C(=O)O)CC(C(=O)O)(c2cccc(C3CNCCN3C(c3ccccc3)c3ccccc3)c2)C1. The summed E-state index contributed by atoms with van der Waals surface area (Å²) in [6, 6.07) is 31.0. The first-order valence-electron chi connectivity index (χ1n) is 16.0. The molecule has 4 aromatic rings. The van der Waals surface area contributed by atoms with Crippen LogP contribution >= 0.6 is 0 Å². The summed E-state index contributed by atoms with van der Waals surface area (Å²) >= 11 is 0. The molecule has 0 saturated carbocycles. The average molecular weight is 647 g/mol. The minimum atomic E-state index is -1.65. The second-order valence-electron chi connectivity index (χ2n) is 12.6. The largest absolute Gasteiger partial charge is 0.481 e. The standard InChI is InChI=1S/C38H38N4O6/c1-25-16-17-32(42(47)48)26(2)34(25)40-23-30(36(43)44)21-38(24-40,37(45)46)31-15-9-14-29(20-31)33-22-39-18-19-41(33)35(27-10-5-3-6-11-27)28-12-7-4-8-13-28/h3-17,20,23,33,35,39H,18-19,21-22,24H2,1-2H3,(H,43,44)(H,45,46). The van der Waals surface area contributed by atoms with Crippen LogP contribution in [-0.4, -0.2) is 58.2 Å². The number of piperazine rings is 1. The molecule has 0 aliphatic carbocycles. The first kappa shape index (κ1) is 32.6. The van der Waals surface area contributed by atoms with Gasteiger partial charge in [0.2, 0.25) is 0 Å². The summed E-state index contributed by atoms with van der Waals surface area (Å²) in [7, 11) is 0. The Hall–Kier alpha value is -5.32. The number of aryl methyl sites for hydroxylation is 1. The van der Waals surface area contributed by atoms with Crippen LogP contribution < -0.4 is 10.2 Å². The molecule has 6 rings (SSSR count). The van der Waals surface area contributed by atoms with Gasteiger partial charge >= 0.3 is 11.9 Å². The zero-order valence-corrected chi connectivity index (χ0v) is 26.9. The minimum Gasteiger partial charge on any atom is -0.481 e. The molecule has 2 aliphatic heterocycles. The van der Waals surface area contributed by atoms with Gasteiger partial charge in [-0.1, -0.05) is 91.0 Å². The highest BCUT2D eigenvalue weighted by Gasteiger charge is 2.47. The van der Waals surface area contributed by atoms with Crippen LogP contribution in [0.25, 0.3) is 0 Å². The van der Waals surface area contributed by atoms with Crippen molar-refractivity contribution in [2.24, 2.45) is 0 Å². The van der Waals surface area contributed by atoms with Crippen LogP contribution in [0.15, 0.2) is 109 Å². The van der Waals surface area contributed by atoms with Crippen LogP contribution in [0.1, 0.15) is 51.9 Å². The molecule has 10 nitrogen and oxygen atoms in total. The highest BCUT2D eigenvalue weighted by atomic mass is 16.6. The minimum absolute atomic E-state index is 0.0527. The number of carboxylic acids is 2. The molecule has 0 amide bonds. The van der Waals surface area contributed by atoms with Crippen LogP contribution in [0.3, 0.4) is 0 Å². The van der Waals surface area contributed by atoms with Crippen molar-refractivity contribution in [1.82, 2.24) is 10.2 Å². The fourth-order valence-corrected chi connectivity index (χ4v) is 7.38. The Morgan fingerprint density at radius 1 is 0.938 bits per heavy atom. The maximum atomic E-state index is 13.4. The van der Waals surface area contributed by atoms with Crippen molar-refractivity contribution >= 4 is 23.3 Å². The van der Waals surface area contributed by atoms with Gasteiger partial charge in [-0.2, -0.15) is 0 Å². The summed E-state index contributed by atoms with van der Waals surface area (Å²) < 4.78 is 0. The van der Waals surface area contributed by atoms with Gasteiger partial charge in [-0.25, -0.2) is 4.79 Å². The number of nitrogens with one attached hydrogen (secondary N) is 1. The molecule has 0 radical (unpaired) electrons. The second-order valence-corrected chi connectivity index (χ2v) is 12.6. The average Bonchev–Trinajstić information content (AvgIpc) is 3.09. The topological polar surface area (TPSA) is 136 Å². The predicted octanol–water partition coefficient (Wildman–Crippen LogP) is 6.15. The van der Waals surface area contributed by atoms with Gasteiger partial charge in [-0.3, -0.25) is 19.8 Å². The summed E-state index contributed by atoms with van der Waals surface area (Å²) in [5, 5.41) is 36.5. The van der Waals surface area contributed by atoms with Crippen molar-refractivity contribution in [3.63, 3.8) is 0 Å². The lowest BCUT2D eigenvalue weighted by Gasteiger charge is -2.43. The van der Waals surface area contributed by atoms with E-state index in [1.165, 1.54) is 12.3 Å². The van der Waals surface area contributed by atoms with E-state index in [1.807, 2.05) is 54.6 Å². The van der Waals surface area contributed by atoms with E-state index in [4.69, 9.17) is 0 Å². The molecule has 1 saturated heterocycles. The van der Waals surface area contributed by atoms with Crippen molar-refractivity contribution in [2.45, 2.75) is 37.8 Å². The number of benzene rings is 4. The Bertz CT molecular complexity index is 1840. The van der Waals surface area contributed by atoms with Gasteiger partial charge in [0.25, 0.3) is 5.69 Å². The lowest BCUT2D eigenvalue weighted by atomic mass is 9.72. The molecule has 0 bridgehead atoms. The molecular formula is C38H38N4O6. The Labute approximate surface area is 279 Å². The summed E-state index contributed by atoms with van der Waals surface area (Å²) in [6.45, 7) is 5.45. The third kappa shape index (κ3) is 6.08. The molecule has 3 N–H and O–H groups in total. The number of nitro groups is 1. The first-order chi connectivity index (χ1) is 23.1. The predicted molar refractivity (Wildman–Crippen MR) is 183 cm³/mol. The lowest BCUT2D eigenvalue weighted by molar-refractivity contribution is -0.385. The number of carboxylic acid groups (broad SMARTS) is 2. The maximum Gasteiger partial charge on any atom is 0.333 e. The molecule has 1 fully saturated rings. The Kier molecular flexibility index (Phi) is 9.12. The molecule has 48 heavy (non-hydrogen) atoms. The van der Waals surface area contributed by atoms with Crippen molar-refractivity contribution in [3.8, 4) is 0 Å². The van der Waals surface area contributed by atoms with Crippen molar-refractivity contribution < 1.29 is 24.7 Å². The molecule has 2 unspecified atom stereocenters. The van der Waals surface area contributed by atoms with Crippen LogP contribution in [-0.2, 0) is 15.0 Å². The number of rotatable bonds is 9. The van der Waals surface area contributed by atoms with E-state index in [2.05, 4.69) is 34.5 Å². The molecule has 2 atom stereocenters. The molecule has 0 aromatic heterocycles. The van der Waals surface area contributed by atoms with Gasteiger partial charge < -0.3 is 20.4 Å². The third-order valence-corrected chi connectivity index (χ3v) is 9.69. The van der Waals surface area contributed by atoms with Crippen molar-refractivity contribution in [1.29, 1.82) is 0 Å². The van der Waals surface area contributed by atoms with Gasteiger partial charge in [0.15, 0.2) is 0 Å². The zero-order chi connectivity index (χ0) is 34.0. The van der Waals surface area contributed by atoms with E-state index >= 15 is 0 Å². The van der Waals surface area contributed by atoms with E-state index < -0.39 is 22.3 Å². The molecule has 2 aliphatic rings. The number of nitrogens with zero attached hydrogens (tertiary/aromatic N) is 3. The van der Waals surface area contributed by atoms with Gasteiger partial charge in [-0.05, 0) is 41.7 Å². The quantitative estimate of drug-likeness (QED) is 0.145. The Morgan fingerprint density at radius 3 is 2.21 bits per heavy atom. The van der Waals surface area contributed by atoms with E-state index in [1.54, 1.807) is 30.9 Å². The highest BCUT2D eigenvalue weighted by molar-refractivity contribution is 5.93. The fraction of sp³-hybridized carbons (Fsp3) is 0.263. The summed E-state index contributed by atoms with van der Waals surface area (Å²) in [4.78, 5) is 41.3. The number of hydrogen-bond acceptors (Lipinski definition) is 7. The Balaban J connectivity index is 1.45. The summed E-state index contributed by atoms with van der Waals surface area (Å²) in [5.74, 6) is -2.40. The highest BCUT2D eigenvalue weighted by Crippen LogP contribution is 2.43. The third-order valence-electron chi connectivity index (χ3n) is 9.69. The Morgan fingerprint density at radius 2 is 1.60 bits per heavy atom. The summed E-state index contributed by atoms with van der Waals surface area (Å²) in [6.07, 6.45) is 1.18. The van der Waals surface area contributed by atoms with Crippen LogP contribution in [0.2, 0.25) is 0 Å². The van der Waals surface area contributed by atoms with E-state index in [0.717, 1.165) is 29.8 Å². The monoisotopic (exact) mass is 646 g/mol. The molecule has 2 heterocycles. The number of carbonyl (C=O) groups is 2. The van der Waals surface area contributed by atoms with Crippen molar-refractivity contribution in [2.75, 3.05) is 31.1 Å². The molecule has 10 heteroatoms. The van der Waals surface area contributed by atoms with E-state index in [9.17, 15) is 29.9 Å².